The number of benzene rings is 1. The average Bonchev–Trinajstić information content (AvgIpc) is 2.44. The Labute approximate surface area is 122 Å². The Hall–Kier alpha value is -1.27. The van der Waals surface area contributed by atoms with Gasteiger partial charge in [0.15, 0.2) is 0 Å². The van der Waals surface area contributed by atoms with Crippen LogP contribution in [0.4, 0.5) is 13.2 Å². The van der Waals surface area contributed by atoms with Gasteiger partial charge in [-0.3, -0.25) is 0 Å². The highest BCUT2D eigenvalue weighted by Gasteiger charge is 2.31. The third-order valence-corrected chi connectivity index (χ3v) is 3.77. The molecule has 1 saturated carbocycles. The van der Waals surface area contributed by atoms with Gasteiger partial charge in [0.05, 0.1) is 0 Å². The molecule has 21 heavy (non-hydrogen) atoms. The molecule has 2 atom stereocenters. The van der Waals surface area contributed by atoms with Gasteiger partial charge >= 0.3 is 6.36 Å². The van der Waals surface area contributed by atoms with Crippen LogP contribution in [-0.4, -0.2) is 24.1 Å². The van der Waals surface area contributed by atoms with Gasteiger partial charge in [0.25, 0.3) is 0 Å². The number of aliphatic hydroxyl groups is 1. The van der Waals surface area contributed by atoms with E-state index >= 15 is 0 Å². The number of alkyl halides is 3. The third kappa shape index (κ3) is 5.55. The molecule has 6 heteroatoms. The van der Waals surface area contributed by atoms with Gasteiger partial charge in [0, 0.05) is 19.2 Å². The van der Waals surface area contributed by atoms with Crippen molar-refractivity contribution in [3.8, 4) is 5.75 Å². The van der Waals surface area contributed by atoms with Crippen molar-refractivity contribution in [1.29, 1.82) is 0 Å². The summed E-state index contributed by atoms with van der Waals surface area (Å²) in [6.45, 7) is 0.699. The topological polar surface area (TPSA) is 41.5 Å². The number of hydrogen-bond acceptors (Lipinski definition) is 3. The summed E-state index contributed by atoms with van der Waals surface area (Å²) in [4.78, 5) is 0. The molecule has 0 spiro atoms. The fourth-order valence-corrected chi connectivity index (χ4v) is 2.76. The molecule has 0 bridgehead atoms. The molecule has 0 heterocycles. The van der Waals surface area contributed by atoms with Crippen LogP contribution >= 0.6 is 0 Å². The second-order valence-corrected chi connectivity index (χ2v) is 5.49. The van der Waals surface area contributed by atoms with Gasteiger partial charge in [0.1, 0.15) is 5.75 Å². The summed E-state index contributed by atoms with van der Waals surface area (Å²) in [5.74, 6) is 0.134. The Balaban J connectivity index is 1.87. The first-order chi connectivity index (χ1) is 9.96. The van der Waals surface area contributed by atoms with Crippen molar-refractivity contribution in [2.24, 2.45) is 5.92 Å². The largest absolute Gasteiger partial charge is 0.573 e. The Kier molecular flexibility index (Phi) is 5.47. The lowest BCUT2D eigenvalue weighted by Gasteiger charge is -2.28. The molecular formula is C15H20F3NO2. The molecule has 1 aliphatic carbocycles. The summed E-state index contributed by atoms with van der Waals surface area (Å²) in [7, 11) is 0. The highest BCUT2D eigenvalue weighted by molar-refractivity contribution is 5.28. The summed E-state index contributed by atoms with van der Waals surface area (Å²) in [6, 6.07) is 6.31. The molecule has 1 aromatic carbocycles. The van der Waals surface area contributed by atoms with Crippen molar-refractivity contribution in [3.05, 3.63) is 29.8 Å². The highest BCUT2D eigenvalue weighted by Crippen LogP contribution is 2.25. The predicted molar refractivity (Wildman–Crippen MR) is 72.8 cm³/mol. The maximum Gasteiger partial charge on any atom is 0.573 e. The highest BCUT2D eigenvalue weighted by atomic mass is 19.4. The molecule has 118 valence electrons. The molecule has 2 rings (SSSR count). The van der Waals surface area contributed by atoms with E-state index in [2.05, 4.69) is 10.1 Å². The summed E-state index contributed by atoms with van der Waals surface area (Å²) >= 11 is 0. The van der Waals surface area contributed by atoms with Crippen molar-refractivity contribution in [3.63, 3.8) is 0 Å². The van der Waals surface area contributed by atoms with Crippen molar-refractivity contribution in [1.82, 2.24) is 5.32 Å². The van der Waals surface area contributed by atoms with E-state index in [0.29, 0.717) is 18.5 Å². The minimum atomic E-state index is -4.66. The molecule has 1 aromatic rings. The van der Waals surface area contributed by atoms with E-state index in [-0.39, 0.29) is 12.4 Å². The molecule has 1 aliphatic rings. The van der Waals surface area contributed by atoms with Crippen LogP contribution in [0, 0.1) is 5.92 Å². The van der Waals surface area contributed by atoms with Gasteiger partial charge in [-0.05, 0) is 42.9 Å². The molecule has 0 amide bonds. The number of hydrogen-bond donors (Lipinski definition) is 2. The second-order valence-electron chi connectivity index (χ2n) is 5.49. The molecule has 0 radical (unpaired) electrons. The van der Waals surface area contributed by atoms with Gasteiger partial charge in [-0.1, -0.05) is 18.6 Å². The third-order valence-electron chi connectivity index (χ3n) is 3.77. The van der Waals surface area contributed by atoms with Gasteiger partial charge in [-0.15, -0.1) is 13.2 Å². The minimum absolute atomic E-state index is 0.196. The zero-order valence-electron chi connectivity index (χ0n) is 11.7. The van der Waals surface area contributed by atoms with Crippen molar-refractivity contribution in [2.45, 2.75) is 44.6 Å². The van der Waals surface area contributed by atoms with Crippen LogP contribution in [-0.2, 0) is 6.54 Å². The SMILES string of the molecule is OCC1CCCC(NCc2cccc(OC(F)(F)F)c2)C1. The zero-order valence-corrected chi connectivity index (χ0v) is 11.7. The second kappa shape index (κ2) is 7.13. The number of ether oxygens (including phenoxy) is 1. The quantitative estimate of drug-likeness (QED) is 0.877. The Morgan fingerprint density at radius 2 is 2.10 bits per heavy atom. The summed E-state index contributed by atoms with van der Waals surface area (Å²) < 4.78 is 40.4. The van der Waals surface area contributed by atoms with E-state index in [1.165, 1.54) is 12.1 Å². The molecule has 2 N–H and O–H groups in total. The summed E-state index contributed by atoms with van der Waals surface area (Å²) in [5, 5.41) is 12.5. The summed E-state index contributed by atoms with van der Waals surface area (Å²) in [5.41, 5.74) is 0.753. The number of rotatable bonds is 5. The van der Waals surface area contributed by atoms with E-state index < -0.39 is 6.36 Å². The standard InChI is InChI=1S/C15H20F3NO2/c16-15(17,18)21-14-6-2-3-11(8-14)9-19-13-5-1-4-12(7-13)10-20/h2-3,6,8,12-13,19-20H,1,4-5,7,9-10H2. The fourth-order valence-electron chi connectivity index (χ4n) is 2.76. The van der Waals surface area contributed by atoms with Gasteiger partial charge in [-0.2, -0.15) is 0 Å². The first-order valence-corrected chi connectivity index (χ1v) is 7.15. The van der Waals surface area contributed by atoms with E-state index in [1.807, 2.05) is 0 Å². The van der Waals surface area contributed by atoms with Crippen LogP contribution in [0.2, 0.25) is 0 Å². The number of aliphatic hydroxyl groups excluding tert-OH is 1. The maximum absolute atomic E-state index is 12.2. The van der Waals surface area contributed by atoms with Crippen LogP contribution in [0.15, 0.2) is 24.3 Å². The van der Waals surface area contributed by atoms with Crippen LogP contribution in [0.5, 0.6) is 5.75 Å². The zero-order chi connectivity index (χ0) is 15.3. The molecule has 1 fully saturated rings. The first kappa shape index (κ1) is 16.1. The molecule has 0 aliphatic heterocycles. The average molecular weight is 303 g/mol. The Morgan fingerprint density at radius 1 is 1.29 bits per heavy atom. The lowest BCUT2D eigenvalue weighted by Crippen LogP contribution is -2.34. The molecule has 0 saturated heterocycles. The lowest BCUT2D eigenvalue weighted by molar-refractivity contribution is -0.274. The Bertz CT molecular complexity index is 451. The van der Waals surface area contributed by atoms with Crippen LogP contribution in [0.1, 0.15) is 31.2 Å². The van der Waals surface area contributed by atoms with E-state index in [9.17, 15) is 18.3 Å². The van der Waals surface area contributed by atoms with E-state index in [4.69, 9.17) is 0 Å². The van der Waals surface area contributed by atoms with Crippen LogP contribution < -0.4 is 10.1 Å². The molecule has 0 aromatic heterocycles. The van der Waals surface area contributed by atoms with Crippen molar-refractivity contribution in [2.75, 3.05) is 6.61 Å². The van der Waals surface area contributed by atoms with Gasteiger partial charge in [-0.25, -0.2) is 0 Å². The lowest BCUT2D eigenvalue weighted by atomic mass is 9.86. The fraction of sp³-hybridized carbons (Fsp3) is 0.600. The predicted octanol–water partition coefficient (Wildman–Crippen LogP) is 3.23. The van der Waals surface area contributed by atoms with E-state index in [1.54, 1.807) is 12.1 Å². The van der Waals surface area contributed by atoms with Crippen LogP contribution in [0.3, 0.4) is 0 Å². The van der Waals surface area contributed by atoms with E-state index in [0.717, 1.165) is 31.2 Å². The van der Waals surface area contributed by atoms with Crippen LogP contribution in [0.25, 0.3) is 0 Å². The Morgan fingerprint density at radius 3 is 2.81 bits per heavy atom. The smallest absolute Gasteiger partial charge is 0.406 e. The van der Waals surface area contributed by atoms with Gasteiger partial charge < -0.3 is 15.2 Å². The normalized spacial score (nSPS) is 23.0. The molecular weight excluding hydrogens is 283 g/mol. The minimum Gasteiger partial charge on any atom is -0.406 e. The number of nitrogens with one attached hydrogen (secondary N) is 1. The molecule has 3 nitrogen and oxygen atoms in total. The maximum atomic E-state index is 12.2. The van der Waals surface area contributed by atoms with Crippen molar-refractivity contribution >= 4 is 0 Å². The first-order valence-electron chi connectivity index (χ1n) is 7.15. The monoisotopic (exact) mass is 303 g/mol. The summed E-state index contributed by atoms with van der Waals surface area (Å²) in [6.07, 6.45) is -0.599. The molecule has 2 unspecified atom stereocenters. The number of halogens is 3. The van der Waals surface area contributed by atoms with Crippen molar-refractivity contribution < 1.29 is 23.0 Å². The van der Waals surface area contributed by atoms with Gasteiger partial charge in [0.2, 0.25) is 0 Å².